The van der Waals surface area contributed by atoms with Gasteiger partial charge in [0, 0.05) is 15.4 Å². The summed E-state index contributed by atoms with van der Waals surface area (Å²) in [4.78, 5) is 15.7. The van der Waals surface area contributed by atoms with E-state index in [0.29, 0.717) is 17.4 Å². The van der Waals surface area contributed by atoms with Gasteiger partial charge in [-0.15, -0.1) is 11.3 Å². The highest BCUT2D eigenvalue weighted by atomic mass is 79.9. The molecule has 0 fully saturated rings. The second-order valence-electron chi connectivity index (χ2n) is 4.38. The smallest absolute Gasteiger partial charge is 0.311 e. The number of thiazole rings is 1. The molecule has 0 spiro atoms. The molecule has 1 aromatic carbocycles. The van der Waals surface area contributed by atoms with Crippen molar-refractivity contribution >= 4 is 44.6 Å². The Morgan fingerprint density at radius 1 is 1.52 bits per heavy atom. The second-order valence-corrected chi connectivity index (χ2v) is 6.16. The van der Waals surface area contributed by atoms with Crippen LogP contribution in [0.2, 0.25) is 0 Å². The lowest BCUT2D eigenvalue weighted by atomic mass is 10.2. The fourth-order valence-electron chi connectivity index (χ4n) is 1.76. The van der Waals surface area contributed by atoms with E-state index in [-0.39, 0.29) is 12.4 Å². The molecule has 0 bridgehead atoms. The molecule has 2 rings (SSSR count). The van der Waals surface area contributed by atoms with Crippen molar-refractivity contribution in [1.29, 1.82) is 0 Å². The number of hydrogen-bond donors (Lipinski definition) is 1. The van der Waals surface area contributed by atoms with Gasteiger partial charge in [0.15, 0.2) is 0 Å². The number of benzene rings is 1. The van der Waals surface area contributed by atoms with E-state index in [1.807, 2.05) is 18.2 Å². The second kappa shape index (κ2) is 8.64. The van der Waals surface area contributed by atoms with Crippen LogP contribution < -0.4 is 10.2 Å². The number of hydrazone groups is 1. The van der Waals surface area contributed by atoms with Crippen molar-refractivity contribution in [3.05, 3.63) is 39.3 Å². The number of carbonyl (C=O) groups is 1. The maximum absolute atomic E-state index is 11.4. The Balaban J connectivity index is 1.97. The molecule has 0 radical (unpaired) electrons. The Morgan fingerprint density at radius 3 is 3.09 bits per heavy atom. The summed E-state index contributed by atoms with van der Waals surface area (Å²) in [6.45, 7) is 2.14. The highest BCUT2D eigenvalue weighted by molar-refractivity contribution is 9.10. The molecule has 1 heterocycles. The minimum atomic E-state index is -0.285. The van der Waals surface area contributed by atoms with Gasteiger partial charge in [0.1, 0.15) is 5.75 Å². The van der Waals surface area contributed by atoms with Gasteiger partial charge in [-0.25, -0.2) is 4.98 Å². The number of aromatic nitrogens is 1. The third-order valence-corrected chi connectivity index (χ3v) is 4.03. The molecular formula is C15H16BrN3O3S. The molecule has 2 aromatic rings. The first-order chi connectivity index (χ1) is 11.1. The van der Waals surface area contributed by atoms with Crippen molar-refractivity contribution in [1.82, 2.24) is 4.98 Å². The fraction of sp³-hybridized carbons (Fsp3) is 0.267. The van der Waals surface area contributed by atoms with Gasteiger partial charge >= 0.3 is 5.97 Å². The van der Waals surface area contributed by atoms with Gasteiger partial charge in [0.2, 0.25) is 5.13 Å². The van der Waals surface area contributed by atoms with Crippen molar-refractivity contribution in [3.63, 3.8) is 0 Å². The minimum absolute atomic E-state index is 0.162. The lowest BCUT2D eigenvalue weighted by molar-refractivity contribution is -0.142. The first-order valence-corrected chi connectivity index (χ1v) is 8.52. The molecule has 6 nitrogen and oxygen atoms in total. The summed E-state index contributed by atoms with van der Waals surface area (Å²) in [5.41, 5.74) is 4.33. The summed E-state index contributed by atoms with van der Waals surface area (Å²) in [5, 5.41) is 6.55. The van der Waals surface area contributed by atoms with E-state index in [1.165, 1.54) is 11.3 Å². The molecule has 0 atom stereocenters. The number of ether oxygens (including phenoxy) is 2. The molecule has 0 saturated heterocycles. The van der Waals surface area contributed by atoms with E-state index >= 15 is 0 Å². The van der Waals surface area contributed by atoms with E-state index < -0.39 is 0 Å². The molecule has 0 amide bonds. The molecule has 0 aliphatic heterocycles. The van der Waals surface area contributed by atoms with Crippen LogP contribution in [0.1, 0.15) is 18.2 Å². The van der Waals surface area contributed by atoms with Crippen LogP contribution in [0.5, 0.6) is 5.75 Å². The Bertz CT molecular complexity index is 703. The SMILES string of the molecule is CCOC(=O)Cc1csc(NN=Cc2cc(Br)ccc2OC)n1. The van der Waals surface area contributed by atoms with Gasteiger partial charge in [0.05, 0.1) is 32.0 Å². The van der Waals surface area contributed by atoms with E-state index in [1.54, 1.807) is 25.6 Å². The van der Waals surface area contributed by atoms with Gasteiger partial charge in [-0.3, -0.25) is 10.2 Å². The monoisotopic (exact) mass is 397 g/mol. The molecular weight excluding hydrogens is 382 g/mol. The summed E-state index contributed by atoms with van der Waals surface area (Å²) in [6.07, 6.45) is 1.81. The van der Waals surface area contributed by atoms with Gasteiger partial charge in [-0.05, 0) is 25.1 Å². The van der Waals surface area contributed by atoms with Gasteiger partial charge in [-0.2, -0.15) is 5.10 Å². The predicted octanol–water partition coefficient (Wildman–Crippen LogP) is 3.47. The summed E-state index contributed by atoms with van der Waals surface area (Å²) < 4.78 is 11.1. The number of esters is 1. The number of methoxy groups -OCH3 is 1. The zero-order valence-corrected chi connectivity index (χ0v) is 15.1. The third-order valence-electron chi connectivity index (χ3n) is 2.74. The van der Waals surface area contributed by atoms with E-state index in [2.05, 4.69) is 31.4 Å². The predicted molar refractivity (Wildman–Crippen MR) is 94.4 cm³/mol. The van der Waals surface area contributed by atoms with Crippen LogP contribution in [0.15, 0.2) is 33.2 Å². The van der Waals surface area contributed by atoms with Crippen molar-refractivity contribution in [2.45, 2.75) is 13.3 Å². The largest absolute Gasteiger partial charge is 0.496 e. The average molecular weight is 398 g/mol. The van der Waals surface area contributed by atoms with Crippen LogP contribution >= 0.6 is 27.3 Å². The normalized spacial score (nSPS) is 10.7. The maximum atomic E-state index is 11.4. The van der Waals surface area contributed by atoms with Crippen LogP contribution in [0.4, 0.5) is 5.13 Å². The first kappa shape index (κ1) is 17.4. The van der Waals surface area contributed by atoms with E-state index in [9.17, 15) is 4.79 Å². The zero-order valence-electron chi connectivity index (χ0n) is 12.7. The maximum Gasteiger partial charge on any atom is 0.311 e. The Labute approximate surface area is 146 Å². The molecule has 0 unspecified atom stereocenters. The number of hydrogen-bond acceptors (Lipinski definition) is 7. The summed E-state index contributed by atoms with van der Waals surface area (Å²) >= 11 is 4.78. The molecule has 0 aliphatic carbocycles. The topological polar surface area (TPSA) is 72.8 Å². The molecule has 1 N–H and O–H groups in total. The first-order valence-electron chi connectivity index (χ1n) is 6.85. The van der Waals surface area contributed by atoms with Crippen molar-refractivity contribution < 1.29 is 14.3 Å². The van der Waals surface area contributed by atoms with Crippen LogP contribution in [0.3, 0.4) is 0 Å². The van der Waals surface area contributed by atoms with Crippen LogP contribution in [-0.4, -0.2) is 30.9 Å². The fourth-order valence-corrected chi connectivity index (χ4v) is 2.80. The van der Waals surface area contributed by atoms with Crippen LogP contribution in [-0.2, 0) is 16.0 Å². The number of nitrogens with zero attached hydrogens (tertiary/aromatic N) is 2. The lowest BCUT2D eigenvalue weighted by Gasteiger charge is -2.04. The Kier molecular flexibility index (Phi) is 6.54. The minimum Gasteiger partial charge on any atom is -0.496 e. The Hall–Kier alpha value is -1.93. The van der Waals surface area contributed by atoms with Crippen LogP contribution in [0.25, 0.3) is 0 Å². The molecule has 8 heteroatoms. The summed E-state index contributed by atoms with van der Waals surface area (Å²) in [5.74, 6) is 0.438. The molecule has 23 heavy (non-hydrogen) atoms. The number of nitrogens with one attached hydrogen (secondary N) is 1. The van der Waals surface area contributed by atoms with E-state index in [0.717, 1.165) is 15.8 Å². The quantitative estimate of drug-likeness (QED) is 0.439. The van der Waals surface area contributed by atoms with Crippen molar-refractivity contribution in [2.75, 3.05) is 19.1 Å². The van der Waals surface area contributed by atoms with Crippen molar-refractivity contribution in [3.8, 4) is 5.75 Å². The lowest BCUT2D eigenvalue weighted by Crippen LogP contribution is -2.07. The van der Waals surface area contributed by atoms with Crippen molar-refractivity contribution in [2.24, 2.45) is 5.10 Å². The number of halogens is 1. The average Bonchev–Trinajstić information content (AvgIpc) is 2.95. The molecule has 0 aliphatic rings. The highest BCUT2D eigenvalue weighted by Gasteiger charge is 2.08. The summed E-state index contributed by atoms with van der Waals surface area (Å²) in [7, 11) is 1.61. The highest BCUT2D eigenvalue weighted by Crippen LogP contribution is 2.21. The third kappa shape index (κ3) is 5.33. The zero-order chi connectivity index (χ0) is 16.7. The van der Waals surface area contributed by atoms with Gasteiger partial charge in [-0.1, -0.05) is 15.9 Å². The standard InChI is InChI=1S/C15H16BrN3O3S/c1-3-22-14(20)7-12-9-23-15(18-12)19-17-8-10-6-11(16)4-5-13(10)21-2/h4-6,8-9H,3,7H2,1-2H3,(H,18,19). The summed E-state index contributed by atoms with van der Waals surface area (Å²) in [6, 6.07) is 5.65. The molecule has 1 aromatic heterocycles. The van der Waals surface area contributed by atoms with E-state index in [4.69, 9.17) is 9.47 Å². The Morgan fingerprint density at radius 2 is 2.35 bits per heavy atom. The number of anilines is 1. The van der Waals surface area contributed by atoms with Gasteiger partial charge < -0.3 is 9.47 Å². The van der Waals surface area contributed by atoms with Crippen LogP contribution in [0, 0.1) is 0 Å². The van der Waals surface area contributed by atoms with Gasteiger partial charge in [0.25, 0.3) is 0 Å². The molecule has 0 saturated carbocycles. The molecule has 122 valence electrons. The number of carbonyl (C=O) groups excluding carboxylic acids is 1. The number of rotatable bonds is 7.